The van der Waals surface area contributed by atoms with Crippen LogP contribution in [0.5, 0.6) is 0 Å². The second kappa shape index (κ2) is 7.14. The second-order valence-corrected chi connectivity index (χ2v) is 7.12. The summed E-state index contributed by atoms with van der Waals surface area (Å²) in [6.45, 7) is 1.90. The van der Waals surface area contributed by atoms with Crippen molar-refractivity contribution in [2.24, 2.45) is 0 Å². The SMILES string of the molecule is Cc1nn(-c2nncc(-c3ccc(F)cc3)n2)c2c1[C@H](c1ccccc1)CC(=O)N2. The maximum Gasteiger partial charge on any atom is 0.272 e. The summed E-state index contributed by atoms with van der Waals surface area (Å²) in [4.78, 5) is 17.0. The number of rotatable bonds is 3. The van der Waals surface area contributed by atoms with Gasteiger partial charge in [0.15, 0.2) is 0 Å². The average molecular weight is 400 g/mol. The third-order valence-corrected chi connectivity index (χ3v) is 5.18. The maximum absolute atomic E-state index is 13.2. The number of nitrogens with zero attached hydrogens (tertiary/aromatic N) is 5. The number of amides is 1. The zero-order valence-electron chi connectivity index (χ0n) is 16.1. The molecule has 0 bridgehead atoms. The molecule has 1 aliphatic heterocycles. The maximum atomic E-state index is 13.2. The van der Waals surface area contributed by atoms with Gasteiger partial charge in [-0.3, -0.25) is 4.79 Å². The fourth-order valence-corrected chi connectivity index (χ4v) is 3.81. The summed E-state index contributed by atoms with van der Waals surface area (Å²) in [5.74, 6) is 0.260. The first kappa shape index (κ1) is 18.1. The molecule has 4 aromatic rings. The lowest BCUT2D eigenvalue weighted by Crippen LogP contribution is -2.25. The lowest BCUT2D eigenvalue weighted by molar-refractivity contribution is -0.116. The number of carbonyl (C=O) groups excluding carboxylic acids is 1. The van der Waals surface area contributed by atoms with E-state index >= 15 is 0 Å². The first-order valence-electron chi connectivity index (χ1n) is 9.50. The summed E-state index contributed by atoms with van der Waals surface area (Å²) < 4.78 is 14.8. The predicted octanol–water partition coefficient (Wildman–Crippen LogP) is 3.65. The molecule has 148 valence electrons. The lowest BCUT2D eigenvalue weighted by atomic mass is 9.86. The van der Waals surface area contributed by atoms with Crippen LogP contribution in [0.15, 0.2) is 60.8 Å². The Labute approximate surface area is 171 Å². The largest absolute Gasteiger partial charge is 0.310 e. The quantitative estimate of drug-likeness (QED) is 0.567. The molecule has 0 fully saturated rings. The highest BCUT2D eigenvalue weighted by Gasteiger charge is 2.33. The van der Waals surface area contributed by atoms with Gasteiger partial charge in [0, 0.05) is 23.5 Å². The van der Waals surface area contributed by atoms with Crippen LogP contribution in [0.1, 0.15) is 29.2 Å². The normalized spacial score (nSPS) is 15.5. The summed E-state index contributed by atoms with van der Waals surface area (Å²) in [6, 6.07) is 15.9. The third kappa shape index (κ3) is 3.12. The highest BCUT2D eigenvalue weighted by Crippen LogP contribution is 2.39. The van der Waals surface area contributed by atoms with Gasteiger partial charge in [-0.25, -0.2) is 9.37 Å². The second-order valence-electron chi connectivity index (χ2n) is 7.12. The summed E-state index contributed by atoms with van der Waals surface area (Å²) >= 11 is 0. The third-order valence-electron chi connectivity index (χ3n) is 5.18. The molecule has 30 heavy (non-hydrogen) atoms. The number of carbonyl (C=O) groups is 1. The van der Waals surface area contributed by atoms with E-state index in [0.717, 1.165) is 16.8 Å². The van der Waals surface area contributed by atoms with Crippen LogP contribution in [0.25, 0.3) is 17.2 Å². The van der Waals surface area contributed by atoms with Crippen molar-refractivity contribution in [3.63, 3.8) is 0 Å². The minimum Gasteiger partial charge on any atom is -0.310 e. The molecule has 2 aromatic heterocycles. The Morgan fingerprint density at radius 1 is 1.10 bits per heavy atom. The molecule has 1 N–H and O–H groups in total. The highest BCUT2D eigenvalue weighted by molar-refractivity contribution is 5.95. The van der Waals surface area contributed by atoms with Crippen LogP contribution >= 0.6 is 0 Å². The van der Waals surface area contributed by atoms with Crippen molar-refractivity contribution in [2.45, 2.75) is 19.3 Å². The number of benzene rings is 2. The van der Waals surface area contributed by atoms with E-state index in [1.54, 1.807) is 12.1 Å². The van der Waals surface area contributed by atoms with Crippen LogP contribution < -0.4 is 5.32 Å². The standard InChI is InChI=1S/C22H17FN6O/c1-13-20-17(14-5-3-2-4-6-14)11-19(30)26-21(20)29(28-13)22-25-18(12-24-27-22)15-7-9-16(23)10-8-15/h2-10,12,17H,11H2,1H3,(H,26,30)/t17-/m0/s1. The van der Waals surface area contributed by atoms with Gasteiger partial charge in [-0.1, -0.05) is 30.3 Å². The molecule has 0 aliphatic carbocycles. The fraction of sp³-hybridized carbons (Fsp3) is 0.136. The summed E-state index contributed by atoms with van der Waals surface area (Å²) in [6.07, 6.45) is 1.85. The molecule has 1 amide bonds. The average Bonchev–Trinajstić information content (AvgIpc) is 3.10. The Morgan fingerprint density at radius 3 is 2.63 bits per heavy atom. The molecule has 0 saturated carbocycles. The van der Waals surface area contributed by atoms with Crippen molar-refractivity contribution in [1.29, 1.82) is 0 Å². The highest BCUT2D eigenvalue weighted by atomic mass is 19.1. The van der Waals surface area contributed by atoms with E-state index in [2.05, 4.69) is 25.6 Å². The summed E-state index contributed by atoms with van der Waals surface area (Å²) in [5, 5.41) is 15.7. The molecule has 7 nitrogen and oxygen atoms in total. The first-order valence-corrected chi connectivity index (χ1v) is 9.50. The zero-order valence-corrected chi connectivity index (χ0v) is 16.1. The molecule has 5 rings (SSSR count). The number of hydrogen-bond acceptors (Lipinski definition) is 5. The molecular weight excluding hydrogens is 383 g/mol. The van der Waals surface area contributed by atoms with Gasteiger partial charge < -0.3 is 5.32 Å². The van der Waals surface area contributed by atoms with Crippen molar-refractivity contribution in [3.8, 4) is 17.2 Å². The van der Waals surface area contributed by atoms with E-state index in [-0.39, 0.29) is 23.6 Å². The Morgan fingerprint density at radius 2 is 1.87 bits per heavy atom. The minimum atomic E-state index is -0.326. The Hall–Kier alpha value is -3.94. The number of aromatic nitrogens is 5. The van der Waals surface area contributed by atoms with Crippen LogP contribution in [0.3, 0.4) is 0 Å². The van der Waals surface area contributed by atoms with Crippen LogP contribution in [0.4, 0.5) is 10.2 Å². The van der Waals surface area contributed by atoms with Crippen molar-refractivity contribution in [1.82, 2.24) is 25.0 Å². The van der Waals surface area contributed by atoms with Gasteiger partial charge in [0.25, 0.3) is 5.95 Å². The van der Waals surface area contributed by atoms with E-state index in [4.69, 9.17) is 0 Å². The molecule has 8 heteroatoms. The predicted molar refractivity (Wildman–Crippen MR) is 109 cm³/mol. The molecule has 0 radical (unpaired) electrons. The molecule has 0 spiro atoms. The van der Waals surface area contributed by atoms with Crippen LogP contribution in [0, 0.1) is 12.7 Å². The van der Waals surface area contributed by atoms with Gasteiger partial charge >= 0.3 is 0 Å². The Balaban J connectivity index is 1.61. The summed E-state index contributed by atoms with van der Waals surface area (Å²) in [7, 11) is 0. The van der Waals surface area contributed by atoms with Gasteiger partial charge in [0.05, 0.1) is 17.6 Å². The van der Waals surface area contributed by atoms with Crippen molar-refractivity contribution >= 4 is 11.7 Å². The van der Waals surface area contributed by atoms with Crippen LogP contribution in [0.2, 0.25) is 0 Å². The Kier molecular flexibility index (Phi) is 4.31. The number of aryl methyl sites for hydroxylation is 1. The van der Waals surface area contributed by atoms with Crippen molar-refractivity contribution < 1.29 is 9.18 Å². The molecular formula is C22H17FN6O. The van der Waals surface area contributed by atoms with E-state index in [0.29, 0.717) is 23.5 Å². The summed E-state index contributed by atoms with van der Waals surface area (Å²) in [5.41, 5.74) is 4.02. The molecule has 0 saturated heterocycles. The molecule has 3 heterocycles. The fourth-order valence-electron chi connectivity index (χ4n) is 3.81. The molecule has 0 unspecified atom stereocenters. The van der Waals surface area contributed by atoms with Gasteiger partial charge in [-0.05, 0) is 36.8 Å². The van der Waals surface area contributed by atoms with Gasteiger partial charge in [-0.15, -0.1) is 5.10 Å². The molecule has 2 aromatic carbocycles. The van der Waals surface area contributed by atoms with E-state index in [1.807, 2.05) is 37.3 Å². The topological polar surface area (TPSA) is 85.6 Å². The minimum absolute atomic E-state index is 0.0971. The van der Waals surface area contributed by atoms with Gasteiger partial charge in [-0.2, -0.15) is 14.9 Å². The lowest BCUT2D eigenvalue weighted by Gasteiger charge is -2.24. The zero-order chi connectivity index (χ0) is 20.7. The van der Waals surface area contributed by atoms with Crippen LogP contribution in [-0.4, -0.2) is 30.9 Å². The molecule has 1 atom stereocenters. The monoisotopic (exact) mass is 400 g/mol. The number of fused-ring (bicyclic) bond motifs is 1. The van der Waals surface area contributed by atoms with E-state index in [1.165, 1.54) is 23.0 Å². The Bertz CT molecular complexity index is 1240. The van der Waals surface area contributed by atoms with Crippen molar-refractivity contribution in [3.05, 3.63) is 83.4 Å². The molecule has 1 aliphatic rings. The van der Waals surface area contributed by atoms with Gasteiger partial charge in [0.1, 0.15) is 11.6 Å². The number of hydrogen-bond donors (Lipinski definition) is 1. The van der Waals surface area contributed by atoms with E-state index < -0.39 is 0 Å². The number of nitrogens with one attached hydrogen (secondary N) is 1. The van der Waals surface area contributed by atoms with Crippen molar-refractivity contribution in [2.75, 3.05) is 5.32 Å². The number of halogens is 1. The van der Waals surface area contributed by atoms with E-state index in [9.17, 15) is 9.18 Å². The van der Waals surface area contributed by atoms with Gasteiger partial charge in [0.2, 0.25) is 5.91 Å². The number of anilines is 1. The van der Waals surface area contributed by atoms with Crippen LogP contribution in [-0.2, 0) is 4.79 Å². The first-order chi connectivity index (χ1) is 14.6. The smallest absolute Gasteiger partial charge is 0.272 e.